The van der Waals surface area contributed by atoms with E-state index < -0.39 is 5.97 Å². The van der Waals surface area contributed by atoms with Crippen LogP contribution >= 0.6 is 0 Å². The molecule has 21 heavy (non-hydrogen) atoms. The van der Waals surface area contributed by atoms with Crippen molar-refractivity contribution in [2.45, 2.75) is 31.6 Å². The second-order valence-electron chi connectivity index (χ2n) is 5.89. The zero-order chi connectivity index (χ0) is 15.0. The molecule has 5 heteroatoms. The molecule has 0 spiro atoms. The fraction of sp³-hybridized carbons (Fsp3) is 0.500. The van der Waals surface area contributed by atoms with E-state index in [2.05, 4.69) is 0 Å². The summed E-state index contributed by atoms with van der Waals surface area (Å²) in [7, 11) is 1.77. The number of nitrogens with zero attached hydrogens (tertiary/aromatic N) is 2. The molecule has 0 radical (unpaired) electrons. The molecule has 1 aliphatic carbocycles. The highest BCUT2D eigenvalue weighted by atomic mass is 16.4. The summed E-state index contributed by atoms with van der Waals surface area (Å²) in [4.78, 5) is 22.9. The largest absolute Gasteiger partial charge is 0.481 e. The highest BCUT2D eigenvalue weighted by Crippen LogP contribution is 2.47. The van der Waals surface area contributed by atoms with Gasteiger partial charge in [-0.15, -0.1) is 0 Å². The number of rotatable bonds is 5. The van der Waals surface area contributed by atoms with Gasteiger partial charge >= 0.3 is 5.97 Å². The Hall–Kier alpha value is -2.04. The highest BCUT2D eigenvalue weighted by Gasteiger charge is 2.37. The molecule has 1 unspecified atom stereocenters. The molecule has 5 nitrogen and oxygen atoms in total. The summed E-state index contributed by atoms with van der Waals surface area (Å²) in [5, 5.41) is 12.8. The van der Waals surface area contributed by atoms with E-state index in [1.54, 1.807) is 12.1 Å². The number of hydrogen-bond acceptors (Lipinski definition) is 3. The fourth-order valence-corrected chi connectivity index (χ4v) is 3.18. The Kier molecular flexibility index (Phi) is 3.57. The summed E-state index contributed by atoms with van der Waals surface area (Å²) in [5.41, 5.74) is 2.04. The maximum absolute atomic E-state index is 11.8. The fourth-order valence-electron chi connectivity index (χ4n) is 3.18. The van der Waals surface area contributed by atoms with Crippen molar-refractivity contribution < 1.29 is 14.7 Å². The van der Waals surface area contributed by atoms with Crippen LogP contribution in [0.2, 0.25) is 0 Å². The molecule has 0 aromatic heterocycles. The topological polar surface area (TPSA) is 60.9 Å². The Bertz CT molecular complexity index is 568. The van der Waals surface area contributed by atoms with E-state index in [4.69, 9.17) is 0 Å². The van der Waals surface area contributed by atoms with Gasteiger partial charge in [-0.05, 0) is 36.3 Å². The molecule has 2 fully saturated rings. The van der Waals surface area contributed by atoms with E-state index in [9.17, 15) is 14.7 Å². The smallest absolute Gasteiger partial charge is 0.303 e. The molecule has 1 heterocycles. The average Bonchev–Trinajstić information content (AvgIpc) is 3.24. The van der Waals surface area contributed by atoms with Crippen molar-refractivity contribution in [2.75, 3.05) is 18.6 Å². The third-order valence-corrected chi connectivity index (χ3v) is 4.46. The molecule has 1 aliphatic heterocycles. The molecule has 3 rings (SSSR count). The van der Waals surface area contributed by atoms with E-state index in [-0.39, 0.29) is 18.2 Å². The van der Waals surface area contributed by atoms with Gasteiger partial charge in [-0.3, -0.25) is 19.6 Å². The number of carboxylic acids is 1. The molecule has 1 saturated carbocycles. The van der Waals surface area contributed by atoms with Crippen LogP contribution < -0.4 is 5.01 Å². The number of para-hydroxylation sites is 1. The van der Waals surface area contributed by atoms with Gasteiger partial charge in [0.05, 0.1) is 12.1 Å². The first-order valence-electron chi connectivity index (χ1n) is 7.42. The number of amides is 1. The van der Waals surface area contributed by atoms with Crippen molar-refractivity contribution in [2.24, 2.45) is 5.92 Å². The summed E-state index contributed by atoms with van der Waals surface area (Å²) >= 11 is 0. The minimum atomic E-state index is -0.757. The molecule has 1 aromatic carbocycles. The minimum Gasteiger partial charge on any atom is -0.481 e. The lowest BCUT2D eigenvalue weighted by atomic mass is 9.89. The van der Waals surface area contributed by atoms with E-state index >= 15 is 0 Å². The Labute approximate surface area is 124 Å². The van der Waals surface area contributed by atoms with Gasteiger partial charge in [0.15, 0.2) is 0 Å². The number of anilines is 1. The van der Waals surface area contributed by atoms with Crippen LogP contribution in [0.1, 0.15) is 37.2 Å². The SMILES string of the molecule is CN1C(=O)CCN1c1ccccc1C(CC(=O)O)C1CC1. The molecule has 112 valence electrons. The molecular formula is C16H20N2O3. The number of carboxylic acid groups (broad SMARTS) is 1. The van der Waals surface area contributed by atoms with E-state index in [0.29, 0.717) is 18.9 Å². The zero-order valence-corrected chi connectivity index (χ0v) is 12.2. The molecule has 1 N–H and O–H groups in total. The Morgan fingerprint density at radius 1 is 1.38 bits per heavy atom. The van der Waals surface area contributed by atoms with Gasteiger partial charge in [0.1, 0.15) is 0 Å². The van der Waals surface area contributed by atoms with Crippen LogP contribution in [0.4, 0.5) is 5.69 Å². The van der Waals surface area contributed by atoms with Gasteiger partial charge in [0.2, 0.25) is 5.91 Å². The molecule has 1 saturated heterocycles. The summed E-state index contributed by atoms with van der Waals surface area (Å²) in [6.45, 7) is 0.663. The van der Waals surface area contributed by atoms with Gasteiger partial charge in [0.25, 0.3) is 0 Å². The first-order chi connectivity index (χ1) is 10.1. The summed E-state index contributed by atoms with van der Waals surface area (Å²) < 4.78 is 0. The van der Waals surface area contributed by atoms with Crippen LogP contribution in [0.5, 0.6) is 0 Å². The van der Waals surface area contributed by atoms with Crippen LogP contribution in [0.15, 0.2) is 24.3 Å². The third kappa shape index (κ3) is 2.73. The first kappa shape index (κ1) is 13.9. The molecule has 2 aliphatic rings. The monoisotopic (exact) mass is 288 g/mol. The molecule has 1 aromatic rings. The second-order valence-corrected chi connectivity index (χ2v) is 5.89. The Morgan fingerprint density at radius 2 is 2.10 bits per heavy atom. The Morgan fingerprint density at radius 3 is 2.67 bits per heavy atom. The maximum atomic E-state index is 11.8. The van der Waals surface area contributed by atoms with E-state index in [0.717, 1.165) is 24.1 Å². The molecular weight excluding hydrogens is 268 g/mol. The van der Waals surface area contributed by atoms with Crippen LogP contribution in [-0.2, 0) is 9.59 Å². The predicted octanol–water partition coefficient (Wildman–Crippen LogP) is 2.24. The number of benzene rings is 1. The minimum absolute atomic E-state index is 0.0443. The lowest BCUT2D eigenvalue weighted by Crippen LogP contribution is -2.36. The number of aliphatic carboxylic acids is 1. The van der Waals surface area contributed by atoms with Crippen LogP contribution in [-0.4, -0.2) is 35.6 Å². The van der Waals surface area contributed by atoms with Crippen molar-refractivity contribution in [3.05, 3.63) is 29.8 Å². The lowest BCUT2D eigenvalue weighted by Gasteiger charge is -2.30. The van der Waals surface area contributed by atoms with Crippen molar-refractivity contribution in [1.82, 2.24) is 5.01 Å². The number of carbonyl (C=O) groups excluding carboxylic acids is 1. The predicted molar refractivity (Wildman–Crippen MR) is 78.9 cm³/mol. The molecule has 0 bridgehead atoms. The van der Waals surface area contributed by atoms with Crippen molar-refractivity contribution >= 4 is 17.6 Å². The third-order valence-electron chi connectivity index (χ3n) is 4.46. The average molecular weight is 288 g/mol. The van der Waals surface area contributed by atoms with E-state index in [1.165, 1.54) is 0 Å². The zero-order valence-electron chi connectivity index (χ0n) is 12.2. The summed E-state index contributed by atoms with van der Waals surface area (Å²) in [6.07, 6.45) is 2.87. The second kappa shape index (κ2) is 5.39. The lowest BCUT2D eigenvalue weighted by molar-refractivity contribution is -0.137. The van der Waals surface area contributed by atoms with Crippen molar-refractivity contribution in [3.8, 4) is 0 Å². The summed E-state index contributed by atoms with van der Waals surface area (Å²) in [6, 6.07) is 7.90. The number of carbonyl (C=O) groups is 2. The number of hydrazine groups is 1. The van der Waals surface area contributed by atoms with Gasteiger partial charge in [0, 0.05) is 20.0 Å². The van der Waals surface area contributed by atoms with Crippen molar-refractivity contribution in [3.63, 3.8) is 0 Å². The molecule has 1 amide bonds. The van der Waals surface area contributed by atoms with Gasteiger partial charge in [-0.2, -0.15) is 0 Å². The Balaban J connectivity index is 1.94. The maximum Gasteiger partial charge on any atom is 0.303 e. The normalized spacial score (nSPS) is 20.0. The van der Waals surface area contributed by atoms with Gasteiger partial charge in [-0.1, -0.05) is 18.2 Å². The van der Waals surface area contributed by atoms with Crippen LogP contribution in [0.3, 0.4) is 0 Å². The number of hydrogen-bond donors (Lipinski definition) is 1. The first-order valence-corrected chi connectivity index (χ1v) is 7.42. The van der Waals surface area contributed by atoms with Gasteiger partial charge in [-0.25, -0.2) is 0 Å². The quantitative estimate of drug-likeness (QED) is 0.902. The van der Waals surface area contributed by atoms with Gasteiger partial charge < -0.3 is 5.11 Å². The highest BCUT2D eigenvalue weighted by molar-refractivity contribution is 5.82. The van der Waals surface area contributed by atoms with E-state index in [1.807, 2.05) is 29.3 Å². The van der Waals surface area contributed by atoms with Crippen molar-refractivity contribution in [1.29, 1.82) is 0 Å². The van der Waals surface area contributed by atoms with Crippen LogP contribution in [0.25, 0.3) is 0 Å². The summed E-state index contributed by atoms with van der Waals surface area (Å²) in [5.74, 6) is -0.146. The molecule has 1 atom stereocenters. The van der Waals surface area contributed by atoms with Crippen LogP contribution in [0, 0.1) is 5.92 Å². The standard InChI is InChI=1S/C16H20N2O3/c1-17-15(19)8-9-18(17)14-5-3-2-4-12(14)13(10-16(20)21)11-6-7-11/h2-5,11,13H,6-10H2,1H3,(H,20,21).